The third-order valence-electron chi connectivity index (χ3n) is 2.17. The molecule has 6 heteroatoms. The van der Waals surface area contributed by atoms with Crippen LogP contribution < -0.4 is 10.5 Å². The van der Waals surface area contributed by atoms with Gasteiger partial charge < -0.3 is 10.5 Å². The second-order valence-electron chi connectivity index (χ2n) is 3.41. The third kappa shape index (κ3) is 2.01. The van der Waals surface area contributed by atoms with Crippen molar-refractivity contribution in [2.75, 3.05) is 5.73 Å². The Bertz CT molecular complexity index is 524. The summed E-state index contributed by atoms with van der Waals surface area (Å²) in [4.78, 5) is 4.11. The molecule has 0 fully saturated rings. The van der Waals surface area contributed by atoms with E-state index >= 15 is 0 Å². The van der Waals surface area contributed by atoms with Crippen LogP contribution in [0.1, 0.15) is 5.56 Å². The Kier molecular flexibility index (Phi) is 2.82. The average Bonchev–Trinajstić information content (AvgIpc) is 2.65. The van der Waals surface area contributed by atoms with E-state index in [2.05, 4.69) is 26.0 Å². The first kappa shape index (κ1) is 10.9. The SMILES string of the molecule is Cc1c(N)cnc(Oc2cnn(C)c2)c1Br. The maximum Gasteiger partial charge on any atom is 0.234 e. The first-order chi connectivity index (χ1) is 7.58. The molecule has 2 aromatic rings. The lowest BCUT2D eigenvalue weighted by molar-refractivity contribution is 0.458. The molecule has 0 aliphatic heterocycles. The molecular formula is C10H11BrN4O. The second-order valence-corrected chi connectivity index (χ2v) is 4.20. The minimum absolute atomic E-state index is 0.486. The topological polar surface area (TPSA) is 66.0 Å². The van der Waals surface area contributed by atoms with Gasteiger partial charge in [0.15, 0.2) is 5.75 Å². The van der Waals surface area contributed by atoms with Crippen LogP contribution in [0.15, 0.2) is 23.1 Å². The third-order valence-corrected chi connectivity index (χ3v) is 3.10. The zero-order valence-electron chi connectivity index (χ0n) is 8.94. The smallest absolute Gasteiger partial charge is 0.234 e. The van der Waals surface area contributed by atoms with Crippen LogP contribution in [0.3, 0.4) is 0 Å². The van der Waals surface area contributed by atoms with Gasteiger partial charge in [-0.05, 0) is 28.4 Å². The number of rotatable bonds is 2. The molecule has 2 rings (SSSR count). The molecule has 0 amide bonds. The summed E-state index contributed by atoms with van der Waals surface area (Å²) in [6, 6.07) is 0. The normalized spacial score (nSPS) is 10.4. The van der Waals surface area contributed by atoms with E-state index in [1.807, 2.05) is 14.0 Å². The number of aromatic nitrogens is 3. The molecule has 84 valence electrons. The fourth-order valence-electron chi connectivity index (χ4n) is 1.20. The van der Waals surface area contributed by atoms with Crippen LogP contribution in [0.5, 0.6) is 11.6 Å². The summed E-state index contributed by atoms with van der Waals surface area (Å²) < 4.78 is 7.99. The highest BCUT2D eigenvalue weighted by Crippen LogP contribution is 2.32. The Morgan fingerprint density at radius 2 is 2.19 bits per heavy atom. The van der Waals surface area contributed by atoms with Crippen molar-refractivity contribution in [2.24, 2.45) is 7.05 Å². The van der Waals surface area contributed by atoms with E-state index in [1.165, 1.54) is 0 Å². The minimum atomic E-state index is 0.486. The van der Waals surface area contributed by atoms with Gasteiger partial charge in [0.2, 0.25) is 5.88 Å². The van der Waals surface area contributed by atoms with Crippen LogP contribution in [0.2, 0.25) is 0 Å². The van der Waals surface area contributed by atoms with Crippen molar-refractivity contribution in [3.05, 3.63) is 28.6 Å². The Morgan fingerprint density at radius 1 is 1.44 bits per heavy atom. The van der Waals surface area contributed by atoms with Gasteiger partial charge in [0.1, 0.15) is 0 Å². The molecule has 0 aliphatic rings. The molecule has 16 heavy (non-hydrogen) atoms. The maximum absolute atomic E-state index is 5.72. The molecule has 0 saturated carbocycles. The highest BCUT2D eigenvalue weighted by Gasteiger charge is 2.10. The van der Waals surface area contributed by atoms with E-state index < -0.39 is 0 Å². The molecule has 2 N–H and O–H groups in total. The lowest BCUT2D eigenvalue weighted by Crippen LogP contribution is -1.96. The van der Waals surface area contributed by atoms with Gasteiger partial charge in [-0.1, -0.05) is 0 Å². The molecular weight excluding hydrogens is 272 g/mol. The number of halogens is 1. The molecule has 0 saturated heterocycles. The summed E-state index contributed by atoms with van der Waals surface area (Å²) in [5, 5.41) is 4.01. The molecule has 0 unspecified atom stereocenters. The lowest BCUT2D eigenvalue weighted by atomic mass is 10.2. The summed E-state index contributed by atoms with van der Waals surface area (Å²) in [6.07, 6.45) is 4.96. The van der Waals surface area contributed by atoms with E-state index in [9.17, 15) is 0 Å². The van der Waals surface area contributed by atoms with Crippen LogP contribution in [0.25, 0.3) is 0 Å². The fourth-order valence-corrected chi connectivity index (χ4v) is 1.62. The molecule has 0 spiro atoms. The standard InChI is InChI=1S/C10H11BrN4O/c1-6-8(12)4-13-10(9(6)11)16-7-3-14-15(2)5-7/h3-5H,12H2,1-2H3. The summed E-state index contributed by atoms with van der Waals surface area (Å²) in [7, 11) is 1.82. The molecule has 2 aromatic heterocycles. The number of nitrogens with two attached hydrogens (primary N) is 1. The first-order valence-electron chi connectivity index (χ1n) is 4.65. The minimum Gasteiger partial charge on any atom is -0.435 e. The van der Waals surface area contributed by atoms with Crippen molar-refractivity contribution in [3.8, 4) is 11.6 Å². The highest BCUT2D eigenvalue weighted by molar-refractivity contribution is 9.10. The predicted molar refractivity (Wildman–Crippen MR) is 64.4 cm³/mol. The number of aryl methyl sites for hydroxylation is 1. The van der Waals surface area contributed by atoms with Gasteiger partial charge >= 0.3 is 0 Å². The van der Waals surface area contributed by atoms with Gasteiger partial charge in [-0.15, -0.1) is 0 Å². The van der Waals surface area contributed by atoms with Crippen LogP contribution in [0.4, 0.5) is 5.69 Å². The summed E-state index contributed by atoms with van der Waals surface area (Å²) in [5.41, 5.74) is 7.26. The number of hydrogen-bond acceptors (Lipinski definition) is 4. The molecule has 0 aliphatic carbocycles. The first-order valence-corrected chi connectivity index (χ1v) is 5.44. The number of pyridine rings is 1. The van der Waals surface area contributed by atoms with Crippen molar-refractivity contribution in [2.45, 2.75) is 6.92 Å². The monoisotopic (exact) mass is 282 g/mol. The summed E-state index contributed by atoms with van der Waals surface area (Å²) >= 11 is 3.40. The van der Waals surface area contributed by atoms with Gasteiger partial charge in [0, 0.05) is 7.05 Å². The zero-order chi connectivity index (χ0) is 11.7. The average molecular weight is 283 g/mol. The Hall–Kier alpha value is -1.56. The lowest BCUT2D eigenvalue weighted by Gasteiger charge is -2.07. The number of hydrogen-bond donors (Lipinski definition) is 1. The largest absolute Gasteiger partial charge is 0.435 e. The van der Waals surface area contributed by atoms with Gasteiger partial charge in [-0.25, -0.2) is 4.98 Å². The molecule has 0 aromatic carbocycles. The van der Waals surface area contributed by atoms with E-state index in [1.54, 1.807) is 23.3 Å². The Morgan fingerprint density at radius 3 is 2.81 bits per heavy atom. The molecule has 2 heterocycles. The van der Waals surface area contributed by atoms with Crippen molar-refractivity contribution in [1.29, 1.82) is 0 Å². The van der Waals surface area contributed by atoms with Gasteiger partial charge in [0.05, 0.1) is 28.8 Å². The number of nitrogens with zero attached hydrogens (tertiary/aromatic N) is 3. The van der Waals surface area contributed by atoms with Crippen LogP contribution in [-0.4, -0.2) is 14.8 Å². The Balaban J connectivity index is 2.32. The zero-order valence-corrected chi connectivity index (χ0v) is 10.5. The van der Waals surface area contributed by atoms with Gasteiger partial charge in [-0.3, -0.25) is 4.68 Å². The van der Waals surface area contributed by atoms with Crippen LogP contribution in [-0.2, 0) is 7.05 Å². The summed E-state index contributed by atoms with van der Waals surface area (Å²) in [6.45, 7) is 1.90. The van der Waals surface area contributed by atoms with E-state index in [-0.39, 0.29) is 0 Å². The number of nitrogen functional groups attached to an aromatic ring is 1. The maximum atomic E-state index is 5.72. The van der Waals surface area contributed by atoms with Crippen molar-refractivity contribution in [3.63, 3.8) is 0 Å². The van der Waals surface area contributed by atoms with Crippen molar-refractivity contribution >= 4 is 21.6 Å². The summed E-state index contributed by atoms with van der Waals surface area (Å²) in [5.74, 6) is 1.12. The van der Waals surface area contributed by atoms with Gasteiger partial charge in [-0.2, -0.15) is 5.10 Å². The van der Waals surface area contributed by atoms with E-state index in [0.717, 1.165) is 10.0 Å². The molecule has 5 nitrogen and oxygen atoms in total. The highest BCUT2D eigenvalue weighted by atomic mass is 79.9. The molecule has 0 bridgehead atoms. The van der Waals surface area contributed by atoms with Crippen molar-refractivity contribution < 1.29 is 4.74 Å². The van der Waals surface area contributed by atoms with E-state index in [4.69, 9.17) is 10.5 Å². The Labute approximate surface area is 101 Å². The second kappa shape index (κ2) is 4.13. The van der Waals surface area contributed by atoms with Crippen LogP contribution in [0, 0.1) is 6.92 Å². The molecule has 0 radical (unpaired) electrons. The van der Waals surface area contributed by atoms with Crippen molar-refractivity contribution in [1.82, 2.24) is 14.8 Å². The van der Waals surface area contributed by atoms with Crippen LogP contribution >= 0.6 is 15.9 Å². The predicted octanol–water partition coefficient (Wildman–Crippen LogP) is 2.26. The number of anilines is 1. The quantitative estimate of drug-likeness (QED) is 0.918. The number of ether oxygens (including phenoxy) is 1. The van der Waals surface area contributed by atoms with Gasteiger partial charge in [0.25, 0.3) is 0 Å². The molecule has 0 atom stereocenters. The van der Waals surface area contributed by atoms with E-state index in [0.29, 0.717) is 17.3 Å². The fraction of sp³-hybridized carbons (Fsp3) is 0.200.